The summed E-state index contributed by atoms with van der Waals surface area (Å²) in [5.74, 6) is 0. The molecule has 86 valence electrons. The van der Waals surface area contributed by atoms with E-state index in [0.717, 1.165) is 4.47 Å². The number of carbonyl (C=O) groups is 1. The summed E-state index contributed by atoms with van der Waals surface area (Å²) in [6.07, 6.45) is 0. The average Bonchev–Trinajstić information content (AvgIpc) is 2.20. The fourth-order valence-corrected chi connectivity index (χ4v) is 1.69. The molecule has 2 amide bonds. The van der Waals surface area contributed by atoms with Gasteiger partial charge < -0.3 is 16.4 Å². The van der Waals surface area contributed by atoms with E-state index in [-0.39, 0.29) is 11.0 Å². The number of hydrogen-bond acceptors (Lipinski definition) is 2. The lowest BCUT2D eigenvalue weighted by Gasteiger charge is -2.10. The van der Waals surface area contributed by atoms with Gasteiger partial charge in [-0.15, -0.1) is 0 Å². The van der Waals surface area contributed by atoms with Crippen LogP contribution in [-0.4, -0.2) is 17.6 Å². The molecule has 0 unspecified atom stereocenters. The summed E-state index contributed by atoms with van der Waals surface area (Å²) in [6.45, 7) is 2.40. The van der Waals surface area contributed by atoms with E-state index in [2.05, 4.69) is 26.6 Å². The molecule has 0 aromatic heterocycles. The van der Waals surface area contributed by atoms with E-state index in [0.29, 0.717) is 17.8 Å². The molecule has 0 spiro atoms. The third kappa shape index (κ3) is 3.46. The Kier molecular flexibility index (Phi) is 4.70. The highest BCUT2D eigenvalue weighted by atomic mass is 79.9. The molecule has 16 heavy (non-hydrogen) atoms. The lowest BCUT2D eigenvalue weighted by molar-refractivity contribution is 0.252. The van der Waals surface area contributed by atoms with E-state index in [9.17, 15) is 4.79 Å². The van der Waals surface area contributed by atoms with Crippen LogP contribution in [0.15, 0.2) is 22.7 Å². The van der Waals surface area contributed by atoms with Crippen LogP contribution in [0, 0.1) is 0 Å². The number of thiocarbonyl (C=S) groups is 1. The van der Waals surface area contributed by atoms with Crippen molar-refractivity contribution in [2.45, 2.75) is 6.92 Å². The number of urea groups is 1. The summed E-state index contributed by atoms with van der Waals surface area (Å²) in [7, 11) is 0. The van der Waals surface area contributed by atoms with Gasteiger partial charge in [0.1, 0.15) is 4.99 Å². The standard InChI is InChI=1S/C10H12BrN3OS/c1-2-13-10(15)14-8-4-3-6(11)5-7(8)9(12)16/h3-5H,2H2,1H3,(H2,12,16)(H2,13,14,15). The van der Waals surface area contributed by atoms with Gasteiger partial charge in [-0.3, -0.25) is 0 Å². The summed E-state index contributed by atoms with van der Waals surface area (Å²) < 4.78 is 0.858. The van der Waals surface area contributed by atoms with E-state index in [1.165, 1.54) is 0 Å². The van der Waals surface area contributed by atoms with Gasteiger partial charge in [-0.25, -0.2) is 4.79 Å². The van der Waals surface area contributed by atoms with Gasteiger partial charge in [0.2, 0.25) is 0 Å². The Morgan fingerprint density at radius 3 is 2.81 bits per heavy atom. The van der Waals surface area contributed by atoms with Crippen molar-refractivity contribution < 1.29 is 4.79 Å². The van der Waals surface area contributed by atoms with Crippen LogP contribution in [0.2, 0.25) is 0 Å². The summed E-state index contributed by atoms with van der Waals surface area (Å²) in [5.41, 5.74) is 6.81. The number of amides is 2. The fourth-order valence-electron chi connectivity index (χ4n) is 1.16. The summed E-state index contributed by atoms with van der Waals surface area (Å²) in [4.78, 5) is 11.6. The highest BCUT2D eigenvalue weighted by Crippen LogP contribution is 2.20. The fraction of sp³-hybridized carbons (Fsp3) is 0.200. The van der Waals surface area contributed by atoms with Crippen molar-refractivity contribution >= 4 is 44.9 Å². The Labute approximate surface area is 108 Å². The first-order valence-corrected chi connectivity index (χ1v) is 5.89. The molecule has 1 rings (SSSR count). The molecular weight excluding hydrogens is 290 g/mol. The average molecular weight is 302 g/mol. The number of benzene rings is 1. The van der Waals surface area contributed by atoms with E-state index < -0.39 is 0 Å². The zero-order valence-corrected chi connectivity index (χ0v) is 11.1. The molecule has 0 atom stereocenters. The van der Waals surface area contributed by atoms with Crippen LogP contribution in [0.4, 0.5) is 10.5 Å². The zero-order chi connectivity index (χ0) is 12.1. The van der Waals surface area contributed by atoms with Crippen LogP contribution in [0.5, 0.6) is 0 Å². The SMILES string of the molecule is CCNC(=O)Nc1ccc(Br)cc1C(N)=S. The van der Waals surface area contributed by atoms with Gasteiger partial charge in [-0.2, -0.15) is 0 Å². The van der Waals surface area contributed by atoms with Crippen LogP contribution in [0.25, 0.3) is 0 Å². The minimum absolute atomic E-state index is 0.244. The normalized spacial score (nSPS) is 9.62. The number of hydrogen-bond donors (Lipinski definition) is 3. The van der Waals surface area contributed by atoms with E-state index >= 15 is 0 Å². The summed E-state index contributed by atoms with van der Waals surface area (Å²) >= 11 is 8.23. The van der Waals surface area contributed by atoms with Crippen molar-refractivity contribution in [2.24, 2.45) is 5.73 Å². The Hall–Kier alpha value is -1.14. The molecule has 0 saturated heterocycles. The predicted octanol–water partition coefficient (Wildman–Crippen LogP) is 2.22. The number of anilines is 1. The third-order valence-electron chi connectivity index (χ3n) is 1.83. The maximum absolute atomic E-state index is 11.4. The van der Waals surface area contributed by atoms with Crippen molar-refractivity contribution in [1.29, 1.82) is 0 Å². The molecule has 0 aliphatic rings. The smallest absolute Gasteiger partial charge is 0.319 e. The van der Waals surface area contributed by atoms with E-state index in [4.69, 9.17) is 18.0 Å². The van der Waals surface area contributed by atoms with Crippen molar-refractivity contribution in [2.75, 3.05) is 11.9 Å². The van der Waals surface area contributed by atoms with Gasteiger partial charge in [0.25, 0.3) is 0 Å². The van der Waals surface area contributed by atoms with Crippen LogP contribution in [0.3, 0.4) is 0 Å². The summed E-state index contributed by atoms with van der Waals surface area (Å²) in [6, 6.07) is 5.04. The van der Waals surface area contributed by atoms with Gasteiger partial charge in [0, 0.05) is 16.6 Å². The summed E-state index contributed by atoms with van der Waals surface area (Å²) in [5, 5.41) is 5.31. The van der Waals surface area contributed by atoms with Crippen molar-refractivity contribution in [1.82, 2.24) is 5.32 Å². The molecule has 4 nitrogen and oxygen atoms in total. The number of nitrogens with one attached hydrogen (secondary N) is 2. The van der Waals surface area contributed by atoms with Gasteiger partial charge in [0.05, 0.1) is 5.69 Å². The lowest BCUT2D eigenvalue weighted by Crippen LogP contribution is -2.29. The van der Waals surface area contributed by atoms with Gasteiger partial charge >= 0.3 is 6.03 Å². The second-order valence-electron chi connectivity index (χ2n) is 3.04. The Bertz CT molecular complexity index is 423. The lowest BCUT2D eigenvalue weighted by atomic mass is 10.2. The maximum atomic E-state index is 11.4. The molecule has 0 radical (unpaired) electrons. The molecule has 0 aliphatic heterocycles. The van der Waals surface area contributed by atoms with Crippen LogP contribution in [0.1, 0.15) is 12.5 Å². The zero-order valence-electron chi connectivity index (χ0n) is 8.71. The van der Waals surface area contributed by atoms with Crippen molar-refractivity contribution in [3.8, 4) is 0 Å². The van der Waals surface area contributed by atoms with Crippen molar-refractivity contribution in [3.05, 3.63) is 28.2 Å². The van der Waals surface area contributed by atoms with Gasteiger partial charge in [0.15, 0.2) is 0 Å². The predicted molar refractivity (Wildman–Crippen MR) is 72.7 cm³/mol. The molecular formula is C10H12BrN3OS. The largest absolute Gasteiger partial charge is 0.389 e. The maximum Gasteiger partial charge on any atom is 0.319 e. The first-order valence-electron chi connectivity index (χ1n) is 4.68. The Morgan fingerprint density at radius 1 is 1.56 bits per heavy atom. The Balaban J connectivity index is 2.95. The quantitative estimate of drug-likeness (QED) is 0.750. The molecule has 0 bridgehead atoms. The molecule has 1 aromatic rings. The molecule has 0 fully saturated rings. The highest BCUT2D eigenvalue weighted by Gasteiger charge is 2.08. The number of rotatable bonds is 3. The molecule has 1 aromatic carbocycles. The Morgan fingerprint density at radius 2 is 2.25 bits per heavy atom. The third-order valence-corrected chi connectivity index (χ3v) is 2.55. The minimum atomic E-state index is -0.276. The molecule has 4 N–H and O–H groups in total. The highest BCUT2D eigenvalue weighted by molar-refractivity contribution is 9.10. The van der Waals surface area contributed by atoms with Gasteiger partial charge in [-0.05, 0) is 25.1 Å². The number of carbonyl (C=O) groups excluding carboxylic acids is 1. The van der Waals surface area contributed by atoms with E-state index in [1.807, 2.05) is 13.0 Å². The van der Waals surface area contributed by atoms with E-state index in [1.54, 1.807) is 12.1 Å². The van der Waals surface area contributed by atoms with Crippen molar-refractivity contribution in [3.63, 3.8) is 0 Å². The van der Waals surface area contributed by atoms with Gasteiger partial charge in [-0.1, -0.05) is 28.1 Å². The minimum Gasteiger partial charge on any atom is -0.389 e. The monoisotopic (exact) mass is 301 g/mol. The van der Waals surface area contributed by atoms with Crippen LogP contribution < -0.4 is 16.4 Å². The molecule has 0 aliphatic carbocycles. The molecule has 0 heterocycles. The van der Waals surface area contributed by atoms with Crippen LogP contribution >= 0.6 is 28.1 Å². The topological polar surface area (TPSA) is 67.2 Å². The number of nitrogens with two attached hydrogens (primary N) is 1. The number of halogens is 1. The molecule has 0 saturated carbocycles. The first kappa shape index (κ1) is 12.9. The molecule has 6 heteroatoms. The van der Waals surface area contributed by atoms with Crippen LogP contribution in [-0.2, 0) is 0 Å². The second-order valence-corrected chi connectivity index (χ2v) is 4.39. The second kappa shape index (κ2) is 5.81. The first-order chi connectivity index (χ1) is 7.54.